The fraction of sp³-hybridized carbons (Fsp3) is 0.417. The Bertz CT molecular complexity index is 909. The first-order chi connectivity index (χ1) is 14.7. The van der Waals surface area contributed by atoms with Gasteiger partial charge in [0, 0.05) is 18.3 Å². The molecule has 2 heterocycles. The summed E-state index contributed by atoms with van der Waals surface area (Å²) in [5.41, 5.74) is 3.16. The monoisotopic (exact) mass is 411 g/mol. The lowest BCUT2D eigenvalue weighted by molar-refractivity contribution is 0.310. The van der Waals surface area contributed by atoms with Crippen molar-refractivity contribution >= 4 is 5.69 Å². The lowest BCUT2D eigenvalue weighted by Crippen LogP contribution is -2.44. The number of nitrogens with one attached hydrogen (secondary N) is 2. The van der Waals surface area contributed by atoms with Crippen molar-refractivity contribution in [3.63, 3.8) is 0 Å². The first-order valence-corrected chi connectivity index (χ1v) is 10.7. The van der Waals surface area contributed by atoms with Crippen LogP contribution >= 0.6 is 0 Å². The topological polar surface area (TPSA) is 45.8 Å². The molecule has 0 radical (unpaired) electrons. The molecule has 2 aliphatic heterocycles. The summed E-state index contributed by atoms with van der Waals surface area (Å²) in [6, 6.07) is 11.5. The van der Waals surface area contributed by atoms with E-state index in [1.54, 1.807) is 19.2 Å². The van der Waals surface area contributed by atoms with E-state index in [1.807, 2.05) is 25.1 Å². The quantitative estimate of drug-likeness (QED) is 0.722. The molecule has 0 unspecified atom stereocenters. The van der Waals surface area contributed by atoms with Crippen LogP contribution in [-0.2, 0) is 13.0 Å². The standard InChI is InChI=1S/C24H30FN3O2/c1-3-30-23-14-17(4-8-22(23)29-2)16-28-21-7-6-19(25)15-18(21)5-9-24(28)27-20-10-12-26-13-11-20/h4,6-9,14-15,20,26-27H,3,5,10-13,16H2,1-2H3. The minimum absolute atomic E-state index is 0.194. The third-order valence-electron chi connectivity index (χ3n) is 5.70. The highest BCUT2D eigenvalue weighted by Gasteiger charge is 2.24. The normalized spacial score (nSPS) is 16.6. The summed E-state index contributed by atoms with van der Waals surface area (Å²) >= 11 is 0. The van der Waals surface area contributed by atoms with Crippen LogP contribution in [0.15, 0.2) is 48.3 Å². The molecule has 2 aromatic rings. The summed E-state index contributed by atoms with van der Waals surface area (Å²) < 4.78 is 25.0. The average Bonchev–Trinajstić information content (AvgIpc) is 2.76. The van der Waals surface area contributed by atoms with E-state index < -0.39 is 0 Å². The van der Waals surface area contributed by atoms with Gasteiger partial charge in [0.2, 0.25) is 0 Å². The number of ether oxygens (including phenoxy) is 2. The molecule has 0 atom stereocenters. The fourth-order valence-electron chi connectivity index (χ4n) is 4.18. The second kappa shape index (κ2) is 9.39. The second-order valence-corrected chi connectivity index (χ2v) is 7.74. The number of methoxy groups -OCH3 is 1. The molecule has 0 aromatic heterocycles. The first-order valence-electron chi connectivity index (χ1n) is 10.7. The summed E-state index contributed by atoms with van der Waals surface area (Å²) in [7, 11) is 1.65. The maximum atomic E-state index is 13.8. The molecule has 0 bridgehead atoms. The molecule has 160 valence electrons. The summed E-state index contributed by atoms with van der Waals surface area (Å²) in [5, 5.41) is 7.16. The molecule has 30 heavy (non-hydrogen) atoms. The van der Waals surface area contributed by atoms with Gasteiger partial charge in [-0.2, -0.15) is 0 Å². The highest BCUT2D eigenvalue weighted by molar-refractivity contribution is 5.62. The van der Waals surface area contributed by atoms with Crippen LogP contribution < -0.4 is 25.0 Å². The number of anilines is 1. The van der Waals surface area contributed by atoms with Crippen LogP contribution in [0.1, 0.15) is 30.9 Å². The smallest absolute Gasteiger partial charge is 0.161 e. The number of hydrogen-bond acceptors (Lipinski definition) is 5. The van der Waals surface area contributed by atoms with Gasteiger partial charge in [-0.1, -0.05) is 6.07 Å². The molecule has 2 aliphatic rings. The van der Waals surface area contributed by atoms with Crippen LogP contribution in [0.5, 0.6) is 11.5 Å². The van der Waals surface area contributed by atoms with Crippen LogP contribution in [0, 0.1) is 5.82 Å². The van der Waals surface area contributed by atoms with Gasteiger partial charge in [-0.25, -0.2) is 4.39 Å². The van der Waals surface area contributed by atoms with E-state index in [1.165, 1.54) is 0 Å². The Balaban J connectivity index is 1.63. The molecule has 6 heteroatoms. The third-order valence-corrected chi connectivity index (χ3v) is 5.70. The van der Waals surface area contributed by atoms with E-state index in [0.29, 0.717) is 19.2 Å². The molecular formula is C24H30FN3O2. The Labute approximate surface area is 177 Å². The van der Waals surface area contributed by atoms with Crippen LogP contribution in [0.25, 0.3) is 0 Å². The van der Waals surface area contributed by atoms with E-state index in [0.717, 1.165) is 66.5 Å². The van der Waals surface area contributed by atoms with Gasteiger partial charge in [-0.15, -0.1) is 0 Å². The van der Waals surface area contributed by atoms with Crippen molar-refractivity contribution in [2.24, 2.45) is 0 Å². The number of nitrogens with zero attached hydrogens (tertiary/aromatic N) is 1. The molecular weight excluding hydrogens is 381 g/mol. The maximum Gasteiger partial charge on any atom is 0.161 e. The molecule has 0 spiro atoms. The number of fused-ring (bicyclic) bond motifs is 1. The van der Waals surface area contributed by atoms with Gasteiger partial charge in [0.15, 0.2) is 11.5 Å². The molecule has 5 nitrogen and oxygen atoms in total. The highest BCUT2D eigenvalue weighted by Crippen LogP contribution is 2.34. The maximum absolute atomic E-state index is 13.8. The van der Waals surface area contributed by atoms with Crippen molar-refractivity contribution < 1.29 is 13.9 Å². The predicted molar refractivity (Wildman–Crippen MR) is 118 cm³/mol. The van der Waals surface area contributed by atoms with Gasteiger partial charge in [0.1, 0.15) is 11.6 Å². The number of allylic oxidation sites excluding steroid dienone is 1. The van der Waals surface area contributed by atoms with E-state index >= 15 is 0 Å². The van der Waals surface area contributed by atoms with Crippen molar-refractivity contribution in [2.45, 2.75) is 38.8 Å². The SMILES string of the molecule is CCOc1cc(CN2C(NC3CCNCC3)=CCc3cc(F)ccc32)ccc1OC. The number of benzene rings is 2. The Hall–Kier alpha value is -2.73. The van der Waals surface area contributed by atoms with Gasteiger partial charge >= 0.3 is 0 Å². The Morgan fingerprint density at radius 3 is 2.73 bits per heavy atom. The molecule has 1 saturated heterocycles. The van der Waals surface area contributed by atoms with E-state index in [-0.39, 0.29) is 5.82 Å². The highest BCUT2D eigenvalue weighted by atomic mass is 19.1. The number of hydrogen-bond donors (Lipinski definition) is 2. The van der Waals surface area contributed by atoms with Gasteiger partial charge in [0.25, 0.3) is 0 Å². The fourth-order valence-corrected chi connectivity index (χ4v) is 4.18. The zero-order chi connectivity index (χ0) is 20.9. The Kier molecular flexibility index (Phi) is 6.43. The molecule has 0 amide bonds. The van der Waals surface area contributed by atoms with Crippen molar-refractivity contribution in [2.75, 3.05) is 31.7 Å². The molecule has 2 N–H and O–H groups in total. The van der Waals surface area contributed by atoms with E-state index in [2.05, 4.69) is 27.7 Å². The van der Waals surface area contributed by atoms with Crippen LogP contribution in [0.2, 0.25) is 0 Å². The molecule has 0 saturated carbocycles. The lowest BCUT2D eigenvalue weighted by Gasteiger charge is -2.36. The minimum Gasteiger partial charge on any atom is -0.493 e. The minimum atomic E-state index is -0.194. The molecule has 0 aliphatic carbocycles. The number of piperidine rings is 1. The zero-order valence-corrected chi connectivity index (χ0v) is 17.7. The zero-order valence-electron chi connectivity index (χ0n) is 17.7. The van der Waals surface area contributed by atoms with Gasteiger partial charge < -0.3 is 25.0 Å². The Morgan fingerprint density at radius 1 is 1.13 bits per heavy atom. The summed E-state index contributed by atoms with van der Waals surface area (Å²) in [5.74, 6) is 2.37. The van der Waals surface area contributed by atoms with Gasteiger partial charge in [-0.3, -0.25) is 0 Å². The largest absolute Gasteiger partial charge is 0.493 e. The van der Waals surface area contributed by atoms with Gasteiger partial charge in [-0.05, 0) is 86.8 Å². The third kappa shape index (κ3) is 4.54. The first kappa shape index (κ1) is 20.5. The van der Waals surface area contributed by atoms with Crippen molar-refractivity contribution in [3.05, 3.63) is 65.2 Å². The van der Waals surface area contributed by atoms with Crippen molar-refractivity contribution in [3.8, 4) is 11.5 Å². The van der Waals surface area contributed by atoms with E-state index in [9.17, 15) is 4.39 Å². The van der Waals surface area contributed by atoms with Crippen molar-refractivity contribution in [1.82, 2.24) is 10.6 Å². The Morgan fingerprint density at radius 2 is 1.97 bits per heavy atom. The van der Waals surface area contributed by atoms with Crippen LogP contribution in [-0.4, -0.2) is 32.8 Å². The molecule has 4 rings (SSSR count). The summed E-state index contributed by atoms with van der Waals surface area (Å²) in [6.45, 7) is 5.26. The van der Waals surface area contributed by atoms with E-state index in [4.69, 9.17) is 9.47 Å². The lowest BCUT2D eigenvalue weighted by atomic mass is 10.0. The molecule has 2 aromatic carbocycles. The predicted octanol–water partition coefficient (Wildman–Crippen LogP) is 3.98. The second-order valence-electron chi connectivity index (χ2n) is 7.74. The average molecular weight is 412 g/mol. The van der Waals surface area contributed by atoms with Crippen LogP contribution in [0.4, 0.5) is 10.1 Å². The number of rotatable bonds is 7. The van der Waals surface area contributed by atoms with Gasteiger partial charge in [0.05, 0.1) is 13.7 Å². The molecule has 1 fully saturated rings. The summed E-state index contributed by atoms with van der Waals surface area (Å²) in [4.78, 5) is 2.25. The van der Waals surface area contributed by atoms with Crippen molar-refractivity contribution in [1.29, 1.82) is 0 Å². The van der Waals surface area contributed by atoms with Crippen LogP contribution in [0.3, 0.4) is 0 Å². The number of halogens is 1. The summed E-state index contributed by atoms with van der Waals surface area (Å²) in [6.07, 6.45) is 5.09.